The minimum atomic E-state index is 0.151. The first kappa shape index (κ1) is 14.8. The van der Waals surface area contributed by atoms with Crippen molar-refractivity contribution in [1.29, 1.82) is 0 Å². The van der Waals surface area contributed by atoms with Crippen molar-refractivity contribution in [3.05, 3.63) is 52.2 Å². The van der Waals surface area contributed by atoms with Crippen LogP contribution in [0.4, 0.5) is 0 Å². The van der Waals surface area contributed by atoms with Crippen molar-refractivity contribution in [2.75, 3.05) is 0 Å². The van der Waals surface area contributed by atoms with Crippen LogP contribution >= 0.6 is 0 Å². The van der Waals surface area contributed by atoms with Gasteiger partial charge in [-0.05, 0) is 67.0 Å². The highest BCUT2D eigenvalue weighted by atomic mass is 14.7. The molecule has 0 fully saturated rings. The van der Waals surface area contributed by atoms with E-state index in [1.54, 1.807) is 0 Å². The summed E-state index contributed by atoms with van der Waals surface area (Å²) in [7, 11) is 0. The standard InChI is InChI=1S/C19H25N/c1-12-10-13(2)15(4)18(14(12)3)17-9-8-16(11-20-17)19(5,6)7/h8-11H,1-7H3. The molecule has 1 aromatic heterocycles. The van der Waals surface area contributed by atoms with Gasteiger partial charge >= 0.3 is 0 Å². The van der Waals surface area contributed by atoms with Crippen molar-refractivity contribution in [1.82, 2.24) is 4.98 Å². The Bertz CT molecular complexity index is 602. The third-order valence-corrected chi connectivity index (χ3v) is 4.25. The molecule has 0 aliphatic rings. The van der Waals surface area contributed by atoms with Crippen LogP contribution < -0.4 is 0 Å². The van der Waals surface area contributed by atoms with Crippen LogP contribution in [-0.4, -0.2) is 4.98 Å². The molecule has 0 saturated heterocycles. The number of aryl methyl sites for hydroxylation is 2. The number of aromatic nitrogens is 1. The Morgan fingerprint density at radius 2 is 1.40 bits per heavy atom. The molecule has 1 heterocycles. The molecule has 0 radical (unpaired) electrons. The number of nitrogens with zero attached hydrogens (tertiary/aromatic N) is 1. The van der Waals surface area contributed by atoms with Crippen molar-refractivity contribution in [3.8, 4) is 11.3 Å². The van der Waals surface area contributed by atoms with Gasteiger partial charge in [0.25, 0.3) is 0 Å². The van der Waals surface area contributed by atoms with Gasteiger partial charge in [-0.3, -0.25) is 4.98 Å². The summed E-state index contributed by atoms with van der Waals surface area (Å²) in [6, 6.07) is 6.63. The maximum absolute atomic E-state index is 4.72. The minimum Gasteiger partial charge on any atom is -0.256 e. The van der Waals surface area contributed by atoms with Crippen LogP contribution in [0.5, 0.6) is 0 Å². The lowest BCUT2D eigenvalue weighted by atomic mass is 9.87. The lowest BCUT2D eigenvalue weighted by Gasteiger charge is -2.20. The largest absolute Gasteiger partial charge is 0.256 e. The van der Waals surface area contributed by atoms with Gasteiger partial charge in [0.2, 0.25) is 0 Å². The maximum atomic E-state index is 4.72. The molecule has 0 amide bonds. The van der Waals surface area contributed by atoms with Gasteiger partial charge in [-0.1, -0.05) is 32.9 Å². The predicted octanol–water partition coefficient (Wildman–Crippen LogP) is 5.28. The third-order valence-electron chi connectivity index (χ3n) is 4.25. The average molecular weight is 267 g/mol. The molecule has 1 nitrogen and oxygen atoms in total. The van der Waals surface area contributed by atoms with Crippen LogP contribution in [0.1, 0.15) is 48.6 Å². The second-order valence-corrected chi connectivity index (χ2v) is 6.82. The van der Waals surface area contributed by atoms with Gasteiger partial charge in [-0.15, -0.1) is 0 Å². The van der Waals surface area contributed by atoms with Gasteiger partial charge < -0.3 is 0 Å². The molecule has 1 heteroatoms. The molecule has 2 rings (SSSR count). The van der Waals surface area contributed by atoms with Crippen LogP contribution in [-0.2, 0) is 5.41 Å². The summed E-state index contributed by atoms with van der Waals surface area (Å²) in [5.74, 6) is 0. The van der Waals surface area contributed by atoms with Gasteiger partial charge in [0.1, 0.15) is 0 Å². The first-order valence-corrected chi connectivity index (χ1v) is 7.26. The second kappa shape index (κ2) is 5.05. The Balaban J connectivity index is 2.58. The molecule has 0 unspecified atom stereocenters. The molecule has 0 spiro atoms. The quantitative estimate of drug-likeness (QED) is 0.685. The molecule has 0 aliphatic carbocycles. The van der Waals surface area contributed by atoms with Gasteiger partial charge in [0.05, 0.1) is 5.69 Å². The fourth-order valence-corrected chi connectivity index (χ4v) is 2.59. The van der Waals surface area contributed by atoms with Crippen LogP contribution in [0.3, 0.4) is 0 Å². The molecule has 1 aromatic carbocycles. The predicted molar refractivity (Wildman–Crippen MR) is 87.3 cm³/mol. The number of benzene rings is 1. The van der Waals surface area contributed by atoms with Crippen molar-refractivity contribution < 1.29 is 0 Å². The van der Waals surface area contributed by atoms with E-state index in [-0.39, 0.29) is 5.41 Å². The summed E-state index contributed by atoms with van der Waals surface area (Å²) in [5, 5.41) is 0. The molecule has 0 N–H and O–H groups in total. The average Bonchev–Trinajstić information content (AvgIpc) is 2.36. The Morgan fingerprint density at radius 3 is 1.80 bits per heavy atom. The molecule has 2 aromatic rings. The van der Waals surface area contributed by atoms with E-state index < -0.39 is 0 Å². The van der Waals surface area contributed by atoms with E-state index in [0.717, 1.165) is 5.69 Å². The van der Waals surface area contributed by atoms with Crippen molar-refractivity contribution in [2.45, 2.75) is 53.9 Å². The van der Waals surface area contributed by atoms with Crippen molar-refractivity contribution >= 4 is 0 Å². The molecule has 0 bridgehead atoms. The summed E-state index contributed by atoms with van der Waals surface area (Å²) < 4.78 is 0. The Morgan fingerprint density at radius 1 is 0.850 bits per heavy atom. The summed E-state index contributed by atoms with van der Waals surface area (Å²) in [6.07, 6.45) is 2.02. The first-order chi connectivity index (χ1) is 9.21. The van der Waals surface area contributed by atoms with E-state index in [4.69, 9.17) is 4.98 Å². The lowest BCUT2D eigenvalue weighted by Crippen LogP contribution is -2.11. The zero-order chi connectivity index (χ0) is 15.1. The van der Waals surface area contributed by atoms with Gasteiger partial charge in [0.15, 0.2) is 0 Å². The fraction of sp³-hybridized carbons (Fsp3) is 0.421. The summed E-state index contributed by atoms with van der Waals surface area (Å²) in [6.45, 7) is 15.4. The smallest absolute Gasteiger partial charge is 0.0707 e. The van der Waals surface area contributed by atoms with E-state index in [2.05, 4.69) is 66.7 Å². The van der Waals surface area contributed by atoms with Gasteiger partial charge in [0, 0.05) is 11.8 Å². The normalized spacial score (nSPS) is 11.8. The first-order valence-electron chi connectivity index (χ1n) is 7.26. The molecule has 20 heavy (non-hydrogen) atoms. The molecule has 0 atom stereocenters. The van der Waals surface area contributed by atoms with E-state index in [0.29, 0.717) is 0 Å². The summed E-state index contributed by atoms with van der Waals surface area (Å²) in [4.78, 5) is 4.72. The maximum Gasteiger partial charge on any atom is 0.0707 e. The SMILES string of the molecule is Cc1cc(C)c(C)c(-c2ccc(C(C)(C)C)cn2)c1C. The van der Waals surface area contributed by atoms with Gasteiger partial charge in [-0.25, -0.2) is 0 Å². The number of rotatable bonds is 1. The zero-order valence-corrected chi connectivity index (χ0v) is 13.8. The Kier molecular flexibility index (Phi) is 3.73. The van der Waals surface area contributed by atoms with Crippen LogP contribution in [0.2, 0.25) is 0 Å². The van der Waals surface area contributed by atoms with E-state index >= 15 is 0 Å². The van der Waals surface area contributed by atoms with Crippen molar-refractivity contribution in [2.24, 2.45) is 0 Å². The van der Waals surface area contributed by atoms with Crippen LogP contribution in [0.15, 0.2) is 24.4 Å². The lowest BCUT2D eigenvalue weighted by molar-refractivity contribution is 0.587. The Hall–Kier alpha value is -1.63. The minimum absolute atomic E-state index is 0.151. The highest BCUT2D eigenvalue weighted by Crippen LogP contribution is 2.31. The molecule has 106 valence electrons. The zero-order valence-electron chi connectivity index (χ0n) is 13.8. The summed E-state index contributed by atoms with van der Waals surface area (Å²) >= 11 is 0. The van der Waals surface area contributed by atoms with Crippen molar-refractivity contribution in [3.63, 3.8) is 0 Å². The fourth-order valence-electron chi connectivity index (χ4n) is 2.59. The molecule has 0 aliphatic heterocycles. The number of hydrogen-bond donors (Lipinski definition) is 0. The van der Waals surface area contributed by atoms with Crippen LogP contribution in [0, 0.1) is 27.7 Å². The second-order valence-electron chi connectivity index (χ2n) is 6.82. The monoisotopic (exact) mass is 267 g/mol. The molecular formula is C19H25N. The number of pyridine rings is 1. The van der Waals surface area contributed by atoms with E-state index in [9.17, 15) is 0 Å². The highest BCUT2D eigenvalue weighted by Gasteiger charge is 2.16. The van der Waals surface area contributed by atoms with Gasteiger partial charge in [-0.2, -0.15) is 0 Å². The van der Waals surface area contributed by atoms with E-state index in [1.165, 1.54) is 33.4 Å². The highest BCUT2D eigenvalue weighted by molar-refractivity contribution is 5.70. The van der Waals surface area contributed by atoms with Crippen LogP contribution in [0.25, 0.3) is 11.3 Å². The Labute approximate surface area is 123 Å². The number of hydrogen-bond acceptors (Lipinski definition) is 1. The topological polar surface area (TPSA) is 12.9 Å². The molecular weight excluding hydrogens is 242 g/mol. The van der Waals surface area contributed by atoms with E-state index in [1.807, 2.05) is 6.20 Å². The summed E-state index contributed by atoms with van der Waals surface area (Å²) in [5.41, 5.74) is 9.16. The third kappa shape index (κ3) is 2.63. The molecule has 0 saturated carbocycles.